The second kappa shape index (κ2) is 6.33. The SMILES string of the molecule is CN(C)CCN1C(=O)c2cc3nc(-c4c(Cl)cc[nH]c4=O)[nH]c3cc2C1=O. The van der Waals surface area contributed by atoms with E-state index in [2.05, 4.69) is 15.0 Å². The van der Waals surface area contributed by atoms with Crippen molar-refractivity contribution >= 4 is 34.4 Å². The van der Waals surface area contributed by atoms with Crippen LogP contribution in [0.1, 0.15) is 20.7 Å². The molecule has 2 aromatic heterocycles. The molecule has 1 aliphatic heterocycles. The van der Waals surface area contributed by atoms with Crippen LogP contribution in [0.5, 0.6) is 0 Å². The lowest BCUT2D eigenvalue weighted by molar-refractivity contribution is 0.0645. The van der Waals surface area contributed by atoms with Gasteiger partial charge in [-0.3, -0.25) is 19.3 Å². The third-order valence-electron chi connectivity index (χ3n) is 4.49. The maximum Gasteiger partial charge on any atom is 0.261 e. The van der Waals surface area contributed by atoms with Gasteiger partial charge >= 0.3 is 0 Å². The molecule has 27 heavy (non-hydrogen) atoms. The van der Waals surface area contributed by atoms with Gasteiger partial charge in [-0.25, -0.2) is 4.98 Å². The van der Waals surface area contributed by atoms with E-state index in [0.29, 0.717) is 35.2 Å². The molecule has 8 nitrogen and oxygen atoms in total. The zero-order chi connectivity index (χ0) is 19.3. The fourth-order valence-electron chi connectivity index (χ4n) is 3.09. The quantitative estimate of drug-likeness (QED) is 0.666. The van der Waals surface area contributed by atoms with Gasteiger partial charge in [-0.2, -0.15) is 0 Å². The molecule has 2 N–H and O–H groups in total. The van der Waals surface area contributed by atoms with Gasteiger partial charge < -0.3 is 14.9 Å². The number of carbonyl (C=O) groups excluding carboxylic acids is 2. The first kappa shape index (κ1) is 17.4. The normalized spacial score (nSPS) is 13.9. The highest BCUT2D eigenvalue weighted by atomic mass is 35.5. The monoisotopic (exact) mass is 385 g/mol. The van der Waals surface area contributed by atoms with E-state index in [9.17, 15) is 14.4 Å². The molecule has 0 bridgehead atoms. The molecule has 0 atom stereocenters. The molecule has 0 fully saturated rings. The number of hydrogen-bond donors (Lipinski definition) is 2. The number of rotatable bonds is 4. The lowest BCUT2D eigenvalue weighted by Gasteiger charge is -2.16. The molecule has 2 amide bonds. The summed E-state index contributed by atoms with van der Waals surface area (Å²) in [5.41, 5.74) is 1.51. The standard InChI is InChI=1S/C18H16ClN5O3/c1-23(2)5-6-24-17(26)9-7-12-13(8-10(9)18(24)27)22-15(21-12)14-11(19)3-4-20-16(14)25/h3-4,7-8H,5-6H2,1-2H3,(H,20,25)(H,21,22). The molecule has 0 spiro atoms. The summed E-state index contributed by atoms with van der Waals surface area (Å²) in [5, 5.41) is 0.257. The molecular weight excluding hydrogens is 370 g/mol. The van der Waals surface area contributed by atoms with E-state index in [1.54, 1.807) is 18.2 Å². The van der Waals surface area contributed by atoms with Crippen LogP contribution < -0.4 is 5.56 Å². The minimum absolute atomic E-state index is 0.209. The summed E-state index contributed by atoms with van der Waals surface area (Å²) in [6, 6.07) is 4.73. The Bertz CT molecular complexity index is 1090. The van der Waals surface area contributed by atoms with Crippen LogP contribution in [0.15, 0.2) is 29.2 Å². The Hall–Kier alpha value is -2.97. The fraction of sp³-hybridized carbons (Fsp3) is 0.222. The highest BCUT2D eigenvalue weighted by Gasteiger charge is 2.36. The summed E-state index contributed by atoms with van der Waals surface area (Å²) in [4.78, 5) is 50.4. The topological polar surface area (TPSA) is 102 Å². The average molecular weight is 386 g/mol. The summed E-state index contributed by atoms with van der Waals surface area (Å²) < 4.78 is 0. The van der Waals surface area contributed by atoms with E-state index < -0.39 is 0 Å². The third-order valence-corrected chi connectivity index (χ3v) is 4.80. The van der Waals surface area contributed by atoms with E-state index in [0.717, 1.165) is 0 Å². The summed E-state index contributed by atoms with van der Waals surface area (Å²) in [6.45, 7) is 0.905. The molecule has 0 saturated heterocycles. The number of carbonyl (C=O) groups is 2. The number of amides is 2. The van der Waals surface area contributed by atoms with Gasteiger partial charge in [0.05, 0.1) is 27.2 Å². The Balaban J connectivity index is 1.77. The number of nitrogens with one attached hydrogen (secondary N) is 2. The molecule has 138 valence electrons. The Morgan fingerprint density at radius 1 is 1.15 bits per heavy atom. The Morgan fingerprint density at radius 2 is 1.85 bits per heavy atom. The van der Waals surface area contributed by atoms with Crippen molar-refractivity contribution in [2.75, 3.05) is 27.2 Å². The van der Waals surface area contributed by atoms with Gasteiger partial charge in [0, 0.05) is 19.3 Å². The minimum atomic E-state index is -0.379. The molecule has 3 aromatic rings. The van der Waals surface area contributed by atoms with E-state index in [4.69, 9.17) is 11.6 Å². The Kier molecular flexibility index (Phi) is 4.09. The molecule has 1 aromatic carbocycles. The number of hydrogen-bond acceptors (Lipinski definition) is 5. The van der Waals surface area contributed by atoms with Crippen LogP contribution in [0.3, 0.4) is 0 Å². The number of nitrogens with zero attached hydrogens (tertiary/aromatic N) is 3. The van der Waals surface area contributed by atoms with Crippen LogP contribution in [0.25, 0.3) is 22.4 Å². The van der Waals surface area contributed by atoms with Gasteiger partial charge in [-0.15, -0.1) is 0 Å². The smallest absolute Gasteiger partial charge is 0.261 e. The number of fused-ring (bicyclic) bond motifs is 2. The number of aromatic nitrogens is 3. The van der Waals surface area contributed by atoms with Gasteiger partial charge in [0.1, 0.15) is 11.4 Å². The molecule has 0 saturated carbocycles. The zero-order valence-corrected chi connectivity index (χ0v) is 15.4. The lowest BCUT2D eigenvalue weighted by Crippen LogP contribution is -2.35. The Morgan fingerprint density at radius 3 is 2.52 bits per heavy atom. The number of halogens is 1. The number of imidazole rings is 1. The van der Waals surface area contributed by atoms with E-state index in [1.165, 1.54) is 11.1 Å². The zero-order valence-electron chi connectivity index (χ0n) is 14.7. The van der Waals surface area contributed by atoms with Gasteiger partial charge in [0.25, 0.3) is 17.4 Å². The third kappa shape index (κ3) is 2.83. The number of benzene rings is 1. The maximum absolute atomic E-state index is 12.6. The lowest BCUT2D eigenvalue weighted by atomic mass is 10.1. The summed E-state index contributed by atoms with van der Waals surface area (Å²) in [7, 11) is 3.76. The number of H-pyrrole nitrogens is 2. The first-order valence-electron chi connectivity index (χ1n) is 8.29. The van der Waals surface area contributed by atoms with Crippen molar-refractivity contribution in [3.8, 4) is 11.4 Å². The highest BCUT2D eigenvalue weighted by Crippen LogP contribution is 2.29. The van der Waals surface area contributed by atoms with Gasteiger partial charge in [-0.1, -0.05) is 11.6 Å². The molecule has 3 heterocycles. The molecule has 9 heteroatoms. The van der Waals surface area contributed by atoms with E-state index >= 15 is 0 Å². The van der Waals surface area contributed by atoms with Crippen LogP contribution in [0.2, 0.25) is 5.02 Å². The van der Waals surface area contributed by atoms with Crippen LogP contribution in [-0.2, 0) is 0 Å². The molecule has 4 rings (SSSR count). The summed E-state index contributed by atoms with van der Waals surface area (Å²) in [6.07, 6.45) is 1.45. The number of likely N-dealkylation sites (N-methyl/N-ethyl adjacent to an activating group) is 1. The van der Waals surface area contributed by atoms with Crippen molar-refractivity contribution in [2.24, 2.45) is 0 Å². The number of pyridine rings is 1. The van der Waals surface area contributed by atoms with Crippen molar-refractivity contribution in [2.45, 2.75) is 0 Å². The summed E-state index contributed by atoms with van der Waals surface area (Å²) >= 11 is 6.12. The largest absolute Gasteiger partial charge is 0.338 e. The predicted octanol–water partition coefficient (Wildman–Crippen LogP) is 1.73. The molecular formula is C18H16ClN5O3. The van der Waals surface area contributed by atoms with Crippen LogP contribution in [0, 0.1) is 0 Å². The average Bonchev–Trinajstić information content (AvgIpc) is 3.11. The number of imide groups is 1. The second-order valence-electron chi connectivity index (χ2n) is 6.60. The predicted molar refractivity (Wildman–Crippen MR) is 101 cm³/mol. The van der Waals surface area contributed by atoms with Gasteiger partial charge in [0.2, 0.25) is 0 Å². The first-order chi connectivity index (χ1) is 12.9. The fourth-order valence-corrected chi connectivity index (χ4v) is 3.33. The maximum atomic E-state index is 12.6. The van der Waals surface area contributed by atoms with Crippen LogP contribution in [0.4, 0.5) is 0 Å². The van der Waals surface area contributed by atoms with Crippen LogP contribution in [-0.4, -0.2) is 63.8 Å². The van der Waals surface area contributed by atoms with Crippen molar-refractivity contribution in [1.29, 1.82) is 0 Å². The second-order valence-corrected chi connectivity index (χ2v) is 7.00. The van der Waals surface area contributed by atoms with Gasteiger partial charge in [-0.05, 0) is 32.3 Å². The van der Waals surface area contributed by atoms with E-state index in [-0.39, 0.29) is 33.8 Å². The minimum Gasteiger partial charge on any atom is -0.338 e. The van der Waals surface area contributed by atoms with Gasteiger partial charge in [0.15, 0.2) is 0 Å². The van der Waals surface area contributed by atoms with Crippen molar-refractivity contribution < 1.29 is 9.59 Å². The van der Waals surface area contributed by atoms with Crippen molar-refractivity contribution in [3.63, 3.8) is 0 Å². The van der Waals surface area contributed by atoms with E-state index in [1.807, 2.05) is 19.0 Å². The summed E-state index contributed by atoms with van der Waals surface area (Å²) in [5.74, 6) is -0.380. The number of aromatic amines is 2. The first-order valence-corrected chi connectivity index (χ1v) is 8.67. The van der Waals surface area contributed by atoms with Crippen LogP contribution >= 0.6 is 11.6 Å². The molecule has 1 aliphatic rings. The molecule has 0 aliphatic carbocycles. The van der Waals surface area contributed by atoms with Crippen molar-refractivity contribution in [3.05, 3.63) is 50.9 Å². The Labute approximate surface area is 158 Å². The highest BCUT2D eigenvalue weighted by molar-refractivity contribution is 6.33. The molecule has 0 radical (unpaired) electrons. The van der Waals surface area contributed by atoms with Crippen molar-refractivity contribution in [1.82, 2.24) is 24.8 Å². The molecule has 0 unspecified atom stereocenters.